The molecule has 0 radical (unpaired) electrons. The number of carbonyl (C=O) groups is 1. The van der Waals surface area contributed by atoms with E-state index in [0.29, 0.717) is 18.8 Å². The summed E-state index contributed by atoms with van der Waals surface area (Å²) in [6, 6.07) is 3.63. The fraction of sp³-hybridized carbons (Fsp3) is 0.706. The third-order valence-corrected chi connectivity index (χ3v) is 4.31. The van der Waals surface area contributed by atoms with Crippen LogP contribution < -0.4 is 5.32 Å². The topological polar surface area (TPSA) is 62.5 Å². The lowest BCUT2D eigenvalue weighted by atomic mass is 9.86. The van der Waals surface area contributed by atoms with Gasteiger partial charge in [0, 0.05) is 19.4 Å². The zero-order valence-corrected chi connectivity index (χ0v) is 12.9. The van der Waals surface area contributed by atoms with Crippen LogP contribution in [0.1, 0.15) is 57.6 Å². The smallest absolute Gasteiger partial charge is 0.220 e. The summed E-state index contributed by atoms with van der Waals surface area (Å²) in [5.74, 6) is 1.49. The summed E-state index contributed by atoms with van der Waals surface area (Å²) in [5.41, 5.74) is -0.974. The van der Waals surface area contributed by atoms with Gasteiger partial charge in [-0.05, 0) is 31.4 Å². The number of carbonyl (C=O) groups excluding carboxylic acids is 1. The van der Waals surface area contributed by atoms with Gasteiger partial charge in [-0.1, -0.05) is 32.1 Å². The molecule has 0 saturated heterocycles. The molecule has 4 heteroatoms. The Balaban J connectivity index is 1.65. The van der Waals surface area contributed by atoms with Crippen LogP contribution in [0.5, 0.6) is 0 Å². The molecule has 1 unspecified atom stereocenters. The number of hydrogen-bond acceptors (Lipinski definition) is 3. The van der Waals surface area contributed by atoms with Crippen molar-refractivity contribution in [3.05, 3.63) is 24.2 Å². The normalized spacial score (nSPS) is 19.1. The van der Waals surface area contributed by atoms with E-state index >= 15 is 0 Å². The first-order chi connectivity index (χ1) is 10.1. The second-order valence-corrected chi connectivity index (χ2v) is 6.57. The molecule has 2 rings (SSSR count). The molecule has 1 aliphatic carbocycles. The second-order valence-electron chi connectivity index (χ2n) is 6.57. The highest BCUT2D eigenvalue weighted by Crippen LogP contribution is 2.27. The molecule has 1 atom stereocenters. The Morgan fingerprint density at radius 3 is 2.86 bits per heavy atom. The van der Waals surface area contributed by atoms with Crippen molar-refractivity contribution in [3.63, 3.8) is 0 Å². The first kappa shape index (κ1) is 16.1. The predicted octanol–water partition coefficient (Wildman–Crippen LogP) is 3.05. The fourth-order valence-corrected chi connectivity index (χ4v) is 3.04. The monoisotopic (exact) mass is 293 g/mol. The molecule has 1 saturated carbocycles. The summed E-state index contributed by atoms with van der Waals surface area (Å²) < 4.78 is 5.23. The minimum Gasteiger partial charge on any atom is -0.469 e. The molecule has 1 aliphatic rings. The van der Waals surface area contributed by atoms with E-state index in [1.54, 1.807) is 19.3 Å². The van der Waals surface area contributed by atoms with Crippen LogP contribution in [0.15, 0.2) is 22.8 Å². The maximum atomic E-state index is 11.9. The van der Waals surface area contributed by atoms with Crippen molar-refractivity contribution in [2.24, 2.45) is 5.92 Å². The van der Waals surface area contributed by atoms with Crippen LogP contribution >= 0.6 is 0 Å². The molecular formula is C17H27NO3. The fourth-order valence-electron chi connectivity index (χ4n) is 3.04. The molecule has 0 spiro atoms. The van der Waals surface area contributed by atoms with Gasteiger partial charge in [0.15, 0.2) is 0 Å². The molecule has 0 aliphatic heterocycles. The van der Waals surface area contributed by atoms with E-state index in [1.807, 2.05) is 6.07 Å². The van der Waals surface area contributed by atoms with Gasteiger partial charge in [-0.3, -0.25) is 4.79 Å². The summed E-state index contributed by atoms with van der Waals surface area (Å²) in [7, 11) is 0. The van der Waals surface area contributed by atoms with Crippen molar-refractivity contribution < 1.29 is 14.3 Å². The number of rotatable bonds is 7. The van der Waals surface area contributed by atoms with Crippen molar-refractivity contribution in [3.8, 4) is 0 Å². The molecular weight excluding hydrogens is 266 g/mol. The molecule has 4 nitrogen and oxygen atoms in total. The van der Waals surface area contributed by atoms with Crippen molar-refractivity contribution in [1.82, 2.24) is 5.32 Å². The first-order valence-electron chi connectivity index (χ1n) is 8.07. The van der Waals surface area contributed by atoms with E-state index in [9.17, 15) is 9.90 Å². The Morgan fingerprint density at radius 1 is 1.43 bits per heavy atom. The van der Waals surface area contributed by atoms with Gasteiger partial charge in [-0.25, -0.2) is 0 Å². The van der Waals surface area contributed by atoms with Gasteiger partial charge in [0.25, 0.3) is 0 Å². The first-order valence-corrected chi connectivity index (χ1v) is 8.07. The third-order valence-electron chi connectivity index (χ3n) is 4.31. The van der Waals surface area contributed by atoms with Gasteiger partial charge in [0.1, 0.15) is 5.76 Å². The molecule has 118 valence electrons. The zero-order valence-electron chi connectivity index (χ0n) is 12.9. The molecule has 1 fully saturated rings. The molecule has 1 heterocycles. The highest BCUT2D eigenvalue weighted by atomic mass is 16.3. The Morgan fingerprint density at radius 2 is 2.19 bits per heavy atom. The van der Waals surface area contributed by atoms with Crippen LogP contribution in [0.25, 0.3) is 0 Å². The summed E-state index contributed by atoms with van der Waals surface area (Å²) in [6.45, 7) is 1.98. The van der Waals surface area contributed by atoms with Gasteiger partial charge in [0.05, 0.1) is 11.9 Å². The van der Waals surface area contributed by atoms with Crippen molar-refractivity contribution >= 4 is 5.91 Å². The molecule has 1 aromatic heterocycles. The number of hydrogen-bond donors (Lipinski definition) is 2. The average molecular weight is 293 g/mol. The highest BCUT2D eigenvalue weighted by molar-refractivity contribution is 5.75. The largest absolute Gasteiger partial charge is 0.469 e. The Hall–Kier alpha value is -1.29. The lowest BCUT2D eigenvalue weighted by molar-refractivity contribution is -0.122. The summed E-state index contributed by atoms with van der Waals surface area (Å²) in [4.78, 5) is 11.9. The summed E-state index contributed by atoms with van der Waals surface area (Å²) in [5, 5.41) is 13.1. The van der Waals surface area contributed by atoms with E-state index in [-0.39, 0.29) is 12.5 Å². The third kappa shape index (κ3) is 5.92. The SMILES string of the molecule is CC(O)(CNC(=O)CCC1CCCCC1)Cc1ccco1. The van der Waals surface area contributed by atoms with Crippen LogP contribution in [0.3, 0.4) is 0 Å². The average Bonchev–Trinajstić information content (AvgIpc) is 2.96. The minimum absolute atomic E-state index is 0.0419. The molecule has 2 N–H and O–H groups in total. The van der Waals surface area contributed by atoms with Crippen molar-refractivity contribution in [2.75, 3.05) is 6.54 Å². The number of amides is 1. The van der Waals surface area contributed by atoms with Crippen LogP contribution in [0.2, 0.25) is 0 Å². The number of aliphatic hydroxyl groups is 1. The van der Waals surface area contributed by atoms with E-state index in [1.165, 1.54) is 32.1 Å². The van der Waals surface area contributed by atoms with E-state index in [0.717, 1.165) is 12.2 Å². The molecule has 1 amide bonds. The minimum atomic E-state index is -0.974. The molecule has 0 bridgehead atoms. The van der Waals surface area contributed by atoms with Crippen LogP contribution in [0, 0.1) is 5.92 Å². The van der Waals surface area contributed by atoms with Gasteiger partial charge in [0.2, 0.25) is 5.91 Å². The number of nitrogens with one attached hydrogen (secondary N) is 1. The van der Waals surface area contributed by atoms with Crippen LogP contribution in [0.4, 0.5) is 0 Å². The molecule has 21 heavy (non-hydrogen) atoms. The lowest BCUT2D eigenvalue weighted by Crippen LogP contribution is -2.42. The van der Waals surface area contributed by atoms with Crippen LogP contribution in [-0.4, -0.2) is 23.2 Å². The van der Waals surface area contributed by atoms with E-state index in [4.69, 9.17) is 4.42 Å². The van der Waals surface area contributed by atoms with E-state index in [2.05, 4.69) is 5.32 Å². The number of furan rings is 1. The van der Waals surface area contributed by atoms with Crippen LogP contribution in [-0.2, 0) is 11.2 Å². The van der Waals surface area contributed by atoms with Gasteiger partial charge >= 0.3 is 0 Å². The maximum absolute atomic E-state index is 11.9. The second kappa shape index (κ2) is 7.64. The highest BCUT2D eigenvalue weighted by Gasteiger charge is 2.23. The predicted molar refractivity (Wildman–Crippen MR) is 81.9 cm³/mol. The van der Waals surface area contributed by atoms with Crippen molar-refractivity contribution in [1.29, 1.82) is 0 Å². The molecule has 0 aromatic carbocycles. The van der Waals surface area contributed by atoms with Gasteiger partial charge in [-0.2, -0.15) is 0 Å². The zero-order chi connectivity index (χ0) is 15.1. The standard InChI is InChI=1S/C17H27NO3/c1-17(20,12-15-8-5-11-21-15)13-18-16(19)10-9-14-6-3-2-4-7-14/h5,8,11,14,20H,2-4,6-7,9-10,12-13H2,1H3,(H,18,19). The van der Waals surface area contributed by atoms with E-state index < -0.39 is 5.60 Å². The summed E-state index contributed by atoms with van der Waals surface area (Å²) in [6.07, 6.45) is 10.0. The maximum Gasteiger partial charge on any atom is 0.220 e. The summed E-state index contributed by atoms with van der Waals surface area (Å²) >= 11 is 0. The Labute approximate surface area is 126 Å². The van der Waals surface area contributed by atoms with Crippen molar-refractivity contribution in [2.45, 2.75) is 63.9 Å². The Bertz CT molecular complexity index is 419. The van der Waals surface area contributed by atoms with Gasteiger partial charge < -0.3 is 14.8 Å². The lowest BCUT2D eigenvalue weighted by Gasteiger charge is -2.24. The Kier molecular flexibility index (Phi) is 5.85. The molecule has 1 aromatic rings. The quantitative estimate of drug-likeness (QED) is 0.812. The van der Waals surface area contributed by atoms with Gasteiger partial charge in [-0.15, -0.1) is 0 Å².